The Morgan fingerprint density at radius 3 is 0.958 bits per heavy atom. The first-order valence-electron chi connectivity index (χ1n) is 38.3. The highest BCUT2D eigenvalue weighted by Crippen LogP contribution is 2.37. The van der Waals surface area contributed by atoms with Crippen LogP contribution in [0.3, 0.4) is 0 Å². The SMILES string of the molecule is CCOC(=O)c1nn(-c2ccc(C)cc2)c2c1CCN(c1ccc(N=Nc3ccc(N4CCc5c(CC)nn(-c6ccc(OC)cc6)c5C4=O)cc3)cc1)C2=O.CCOC(=O)c1nn(-c2ccc(C)cc2)c2c1CCN(c1ccc([N+]([O-])=Nc3ccc(N4CCc5c(CC)nn(-c6ccc(OC)cc6)c5C4=O)cc3)cc1)C2=O.O=C=O.O=C=O. The first kappa shape index (κ1) is 81.8. The zero-order valence-corrected chi connectivity index (χ0v) is 66.2. The van der Waals surface area contributed by atoms with Crippen molar-refractivity contribution in [3.8, 4) is 34.2 Å². The molecule has 0 atom stereocenters. The van der Waals surface area contributed by atoms with Crippen molar-refractivity contribution < 1.29 is 71.8 Å². The van der Waals surface area contributed by atoms with E-state index < -0.39 is 11.9 Å². The van der Waals surface area contributed by atoms with Crippen molar-refractivity contribution in [3.63, 3.8) is 0 Å². The molecule has 0 saturated carbocycles. The Morgan fingerprint density at radius 1 is 0.387 bits per heavy atom. The lowest BCUT2D eigenvalue weighted by atomic mass is 10.0. The van der Waals surface area contributed by atoms with Gasteiger partial charge in [-0.3, -0.25) is 19.2 Å². The zero-order valence-electron chi connectivity index (χ0n) is 66.2. The third kappa shape index (κ3) is 17.0. The first-order valence-corrected chi connectivity index (χ1v) is 38.3. The normalized spacial score (nSPS) is 13.4. The summed E-state index contributed by atoms with van der Waals surface area (Å²) in [5.41, 5.74) is 16.6. The molecule has 31 heteroatoms. The number of nitrogens with zero attached hydrogens (tertiary/aromatic N) is 16. The highest BCUT2D eigenvalue weighted by Gasteiger charge is 2.39. The van der Waals surface area contributed by atoms with Crippen molar-refractivity contribution in [1.29, 1.82) is 0 Å². The summed E-state index contributed by atoms with van der Waals surface area (Å²) >= 11 is 0. The van der Waals surface area contributed by atoms with Crippen molar-refractivity contribution in [2.24, 2.45) is 15.3 Å². The van der Waals surface area contributed by atoms with E-state index in [-0.39, 0.29) is 66.2 Å². The van der Waals surface area contributed by atoms with Gasteiger partial charge < -0.3 is 43.8 Å². The van der Waals surface area contributed by atoms with E-state index in [2.05, 4.69) is 32.5 Å². The third-order valence-electron chi connectivity index (χ3n) is 20.4. The van der Waals surface area contributed by atoms with Gasteiger partial charge in [0.25, 0.3) is 23.6 Å². The van der Waals surface area contributed by atoms with E-state index in [0.717, 1.165) is 62.9 Å². The quantitative estimate of drug-likeness (QED) is 0.0296. The molecule has 0 unspecified atom stereocenters. The number of azo groups is 2. The fourth-order valence-corrected chi connectivity index (χ4v) is 14.6. The summed E-state index contributed by atoms with van der Waals surface area (Å²) in [4.78, 5) is 122. The largest absolute Gasteiger partial charge is 0.594 e. The Hall–Kier alpha value is -15.2. The minimum absolute atomic E-state index is 0.105. The number of amides is 4. The van der Waals surface area contributed by atoms with Crippen molar-refractivity contribution in [3.05, 3.63) is 278 Å². The minimum Gasteiger partial charge on any atom is -0.594 e. The molecule has 31 nitrogen and oxygen atoms in total. The van der Waals surface area contributed by atoms with Gasteiger partial charge in [-0.2, -0.15) is 49.8 Å². The van der Waals surface area contributed by atoms with E-state index in [1.807, 2.05) is 154 Å². The summed E-state index contributed by atoms with van der Waals surface area (Å²) in [6, 6.07) is 58.4. The predicted molar refractivity (Wildman–Crippen MR) is 434 cm³/mol. The number of methoxy groups -OCH3 is 2. The van der Waals surface area contributed by atoms with Crippen LogP contribution in [0.15, 0.2) is 209 Å². The molecule has 12 aromatic rings. The Morgan fingerprint density at radius 2 is 0.655 bits per heavy atom. The zero-order chi connectivity index (χ0) is 84.1. The lowest BCUT2D eigenvalue weighted by molar-refractivity contribution is -0.435. The molecule has 0 fully saturated rings. The molecule has 16 rings (SSSR count). The molecule has 0 N–H and O–H groups in total. The van der Waals surface area contributed by atoms with Crippen LogP contribution in [-0.2, 0) is 67.2 Å². The number of aromatic nitrogens is 8. The molecule has 0 bridgehead atoms. The highest BCUT2D eigenvalue weighted by molar-refractivity contribution is 6.11. The number of aryl methyl sites for hydroxylation is 4. The van der Waals surface area contributed by atoms with Crippen LogP contribution in [-0.4, -0.2) is 145 Å². The molecule has 8 heterocycles. The van der Waals surface area contributed by atoms with E-state index in [4.69, 9.17) is 48.3 Å². The number of carbonyl (C=O) groups is 6. The molecule has 8 aromatic carbocycles. The minimum atomic E-state index is -0.572. The topological polar surface area (TPSA) is 355 Å². The number of hydrogen-bond donors (Lipinski definition) is 0. The van der Waals surface area contributed by atoms with E-state index in [0.29, 0.717) is 148 Å². The highest BCUT2D eigenvalue weighted by atomic mass is 16.5. The van der Waals surface area contributed by atoms with Crippen molar-refractivity contribution in [2.75, 3.05) is 73.2 Å². The molecule has 0 aliphatic carbocycles. The van der Waals surface area contributed by atoms with Gasteiger partial charge in [0.2, 0.25) is 5.69 Å². The van der Waals surface area contributed by atoms with Crippen LogP contribution < -0.4 is 29.1 Å². The summed E-state index contributed by atoms with van der Waals surface area (Å²) < 4.78 is 27.7. The Labute approximate surface area is 682 Å². The van der Waals surface area contributed by atoms with Gasteiger partial charge in [-0.05, 0) is 224 Å². The van der Waals surface area contributed by atoms with Crippen LogP contribution >= 0.6 is 0 Å². The summed E-state index contributed by atoms with van der Waals surface area (Å²) in [5, 5.41) is 45.1. The maximum absolute atomic E-state index is 14.1. The second-order valence-electron chi connectivity index (χ2n) is 27.4. The van der Waals surface area contributed by atoms with Gasteiger partial charge in [0.15, 0.2) is 11.4 Å². The second kappa shape index (κ2) is 36.5. The average molecular weight is 1600 g/mol. The average Bonchev–Trinajstić information content (AvgIpc) is 1.63. The van der Waals surface area contributed by atoms with Crippen LogP contribution in [0.4, 0.5) is 45.5 Å². The lowest BCUT2D eigenvalue weighted by Crippen LogP contribution is -2.39. The molecule has 4 aromatic heterocycles. The van der Waals surface area contributed by atoms with Gasteiger partial charge in [0.1, 0.15) is 40.0 Å². The smallest absolute Gasteiger partial charge is 0.373 e. The second-order valence-corrected chi connectivity index (χ2v) is 27.4. The molecule has 4 amide bonds. The van der Waals surface area contributed by atoms with E-state index in [1.54, 1.807) is 122 Å². The molecule has 119 heavy (non-hydrogen) atoms. The molecule has 4 aliphatic heterocycles. The number of esters is 2. The summed E-state index contributed by atoms with van der Waals surface area (Å²) in [5.74, 6) is -0.512. The molecule has 0 saturated heterocycles. The Bertz CT molecular complexity index is 5910. The molecular formula is C88H80N16O15. The third-order valence-corrected chi connectivity index (χ3v) is 20.4. The van der Waals surface area contributed by atoms with Gasteiger partial charge in [-0.1, -0.05) is 54.1 Å². The van der Waals surface area contributed by atoms with E-state index in [1.165, 1.54) is 4.68 Å². The standard InChI is InChI=1S/C43H40N8O6.C43H40N8O5.2CO2/c1-5-37-35-23-25-47(41(52)39(35)49(45-37)32-19-21-34(56-4)22-20-32)29-13-9-28(10-14-29)44-51(55)33-17-15-30(16-18-33)48-26-24-36-38(43(54)57-6-2)46-50(40(36)42(48)53)31-11-7-27(3)8-12-31;1-5-37-35-23-25-48(41(52)39(35)50(46-37)33-19-21-34(55-4)22-20-33)30-15-9-28(10-16-30)44-45-29-11-17-31(18-12-29)49-26-24-36-38(43(54)56-6-2)47-51(40(36)42(49)53)32-13-7-27(3)8-14-32;2*2-1-3/h7-22H,5-6,23-26H2,1-4H3;7-22H,5-6,23-26H2,1-4H3;;. The molecule has 602 valence electrons. The van der Waals surface area contributed by atoms with Crippen LogP contribution in [0.25, 0.3) is 22.7 Å². The first-order chi connectivity index (χ1) is 57.8. The van der Waals surface area contributed by atoms with Crippen LogP contribution in [0, 0.1) is 19.1 Å². The Kier molecular flexibility index (Phi) is 25.1. The van der Waals surface area contributed by atoms with Gasteiger partial charge in [-0.25, -0.2) is 28.3 Å². The van der Waals surface area contributed by atoms with Gasteiger partial charge in [0.05, 0.1) is 72.9 Å². The van der Waals surface area contributed by atoms with Crippen molar-refractivity contribution >= 4 is 93.4 Å². The number of rotatable bonds is 20. The number of benzene rings is 8. The fraction of sp³-hybridized carbons (Fsp3) is 0.227. The van der Waals surface area contributed by atoms with Crippen LogP contribution in [0.2, 0.25) is 0 Å². The van der Waals surface area contributed by atoms with Crippen LogP contribution in [0.5, 0.6) is 11.5 Å². The number of fused-ring (bicyclic) bond motifs is 4. The van der Waals surface area contributed by atoms with Crippen LogP contribution in [0.1, 0.15) is 135 Å². The molecule has 4 aliphatic rings. The summed E-state index contributed by atoms with van der Waals surface area (Å²) in [6.07, 6.45) is 4.13. The summed E-state index contributed by atoms with van der Waals surface area (Å²) in [6.45, 7) is 13.6. The summed E-state index contributed by atoms with van der Waals surface area (Å²) in [7, 11) is 3.23. The molecule has 0 radical (unpaired) electrons. The Balaban J connectivity index is 0.000000193. The maximum Gasteiger partial charge on any atom is 0.373 e. The molecule has 0 spiro atoms. The van der Waals surface area contributed by atoms with E-state index >= 15 is 0 Å². The van der Waals surface area contributed by atoms with Crippen molar-refractivity contribution in [2.45, 2.75) is 80.1 Å². The lowest BCUT2D eigenvalue weighted by Gasteiger charge is -2.28. The van der Waals surface area contributed by atoms with Gasteiger partial charge in [-0.15, -0.1) is 0 Å². The number of carbonyl (C=O) groups excluding carboxylic acids is 10. The maximum atomic E-state index is 14.1. The fourth-order valence-electron chi connectivity index (χ4n) is 14.6. The number of hydrogen-bond acceptors (Lipinski definition) is 22. The number of anilines is 4. The number of ether oxygens (including phenoxy) is 4. The van der Waals surface area contributed by atoms with Crippen molar-refractivity contribution in [1.82, 2.24) is 39.1 Å². The van der Waals surface area contributed by atoms with Gasteiger partial charge >= 0.3 is 24.2 Å². The van der Waals surface area contributed by atoms with E-state index in [9.17, 15) is 34.0 Å². The molecular weight excluding hydrogens is 1520 g/mol. The predicted octanol–water partition coefficient (Wildman–Crippen LogP) is 14.2. The van der Waals surface area contributed by atoms with Gasteiger partial charge in [0, 0.05) is 88.4 Å². The monoisotopic (exact) mass is 1600 g/mol.